The highest BCUT2D eigenvalue weighted by Crippen LogP contribution is 2.20. The maximum Gasteiger partial charge on any atom is 0.301 e. The zero-order chi connectivity index (χ0) is 16.3. The van der Waals surface area contributed by atoms with Crippen LogP contribution in [0.3, 0.4) is 0 Å². The lowest BCUT2D eigenvalue weighted by Crippen LogP contribution is -2.48. The van der Waals surface area contributed by atoms with Crippen LogP contribution in [0.25, 0.3) is 0 Å². The van der Waals surface area contributed by atoms with Crippen molar-refractivity contribution < 1.29 is 13.2 Å². The lowest BCUT2D eigenvalue weighted by atomic mass is 10.2. The van der Waals surface area contributed by atoms with Crippen molar-refractivity contribution >= 4 is 27.5 Å². The fourth-order valence-corrected chi connectivity index (χ4v) is 2.88. The summed E-state index contributed by atoms with van der Waals surface area (Å²) >= 11 is 0. The van der Waals surface area contributed by atoms with Crippen LogP contribution in [0, 0.1) is 0 Å². The molecule has 0 saturated carbocycles. The van der Waals surface area contributed by atoms with Crippen molar-refractivity contribution in [2.45, 2.75) is 6.92 Å². The van der Waals surface area contributed by atoms with E-state index in [9.17, 15) is 13.2 Å². The Hall–Kier alpha value is -1.80. The van der Waals surface area contributed by atoms with Gasteiger partial charge in [-0.1, -0.05) is 0 Å². The highest BCUT2D eigenvalue weighted by Gasteiger charge is 2.19. The maximum absolute atomic E-state index is 11.8. The van der Waals surface area contributed by atoms with E-state index >= 15 is 0 Å². The lowest BCUT2D eigenvalue weighted by Gasteiger charge is -2.35. The first-order valence-electron chi connectivity index (χ1n) is 7.10. The summed E-state index contributed by atoms with van der Waals surface area (Å²) in [6.45, 7) is 4.57. The minimum Gasteiger partial charge on any atom is -0.368 e. The molecule has 1 aliphatic rings. The van der Waals surface area contributed by atoms with Gasteiger partial charge in [0, 0.05) is 58.6 Å². The average Bonchev–Trinajstić information content (AvgIpc) is 2.47. The van der Waals surface area contributed by atoms with Gasteiger partial charge in [0.15, 0.2) is 0 Å². The largest absolute Gasteiger partial charge is 0.368 e. The van der Waals surface area contributed by atoms with E-state index in [2.05, 4.69) is 9.62 Å². The van der Waals surface area contributed by atoms with Gasteiger partial charge >= 0.3 is 10.2 Å². The number of rotatable bonds is 4. The second-order valence-electron chi connectivity index (χ2n) is 5.43. The van der Waals surface area contributed by atoms with Gasteiger partial charge in [-0.15, -0.1) is 0 Å². The number of carbonyl (C=O) groups excluding carboxylic acids is 1. The van der Waals surface area contributed by atoms with E-state index in [0.717, 1.165) is 23.1 Å². The third-order valence-corrected chi connectivity index (χ3v) is 5.14. The first-order chi connectivity index (χ1) is 10.3. The van der Waals surface area contributed by atoms with Crippen LogP contribution < -0.4 is 9.62 Å². The first kappa shape index (κ1) is 16.6. The van der Waals surface area contributed by atoms with Gasteiger partial charge in [0.25, 0.3) is 0 Å². The molecule has 1 N–H and O–H groups in total. The number of benzene rings is 1. The molecule has 122 valence electrons. The van der Waals surface area contributed by atoms with E-state index in [4.69, 9.17) is 0 Å². The second-order valence-corrected chi connectivity index (χ2v) is 7.31. The van der Waals surface area contributed by atoms with Gasteiger partial charge in [-0.25, -0.2) is 0 Å². The Morgan fingerprint density at radius 1 is 1.09 bits per heavy atom. The van der Waals surface area contributed by atoms with E-state index in [-0.39, 0.29) is 5.91 Å². The molecule has 1 aromatic rings. The number of nitrogens with zero attached hydrogens (tertiary/aromatic N) is 3. The third kappa shape index (κ3) is 3.89. The van der Waals surface area contributed by atoms with Gasteiger partial charge in [0.2, 0.25) is 5.91 Å². The van der Waals surface area contributed by atoms with Gasteiger partial charge in [-0.2, -0.15) is 12.7 Å². The number of piperazine rings is 1. The van der Waals surface area contributed by atoms with Crippen molar-refractivity contribution in [1.82, 2.24) is 9.21 Å². The smallest absolute Gasteiger partial charge is 0.301 e. The predicted octanol–water partition coefficient (Wildman–Crippen LogP) is 0.573. The number of amides is 1. The Labute approximate surface area is 131 Å². The number of anilines is 2. The van der Waals surface area contributed by atoms with E-state index < -0.39 is 10.2 Å². The van der Waals surface area contributed by atoms with Gasteiger partial charge < -0.3 is 9.80 Å². The van der Waals surface area contributed by atoms with Gasteiger partial charge in [0.05, 0.1) is 0 Å². The molecule has 0 spiro atoms. The summed E-state index contributed by atoms with van der Waals surface area (Å²) in [5.41, 5.74) is 1.55. The summed E-state index contributed by atoms with van der Waals surface area (Å²) in [5.74, 6) is 0.105. The van der Waals surface area contributed by atoms with E-state index in [0.29, 0.717) is 18.8 Å². The van der Waals surface area contributed by atoms with Crippen molar-refractivity contribution in [3.8, 4) is 0 Å². The van der Waals surface area contributed by atoms with Crippen molar-refractivity contribution in [2.24, 2.45) is 0 Å². The van der Waals surface area contributed by atoms with Crippen LogP contribution in [0.5, 0.6) is 0 Å². The molecular weight excluding hydrogens is 304 g/mol. The molecule has 0 unspecified atom stereocenters. The van der Waals surface area contributed by atoms with Crippen molar-refractivity contribution in [1.29, 1.82) is 0 Å². The summed E-state index contributed by atoms with van der Waals surface area (Å²) in [4.78, 5) is 15.3. The van der Waals surface area contributed by atoms with Crippen molar-refractivity contribution in [2.75, 3.05) is 49.9 Å². The fourth-order valence-electron chi connectivity index (χ4n) is 2.26. The van der Waals surface area contributed by atoms with Crippen LogP contribution in [0.4, 0.5) is 11.4 Å². The Kier molecular flexibility index (Phi) is 4.92. The van der Waals surface area contributed by atoms with Crippen LogP contribution in [-0.2, 0) is 15.0 Å². The van der Waals surface area contributed by atoms with Crippen molar-refractivity contribution in [3.05, 3.63) is 24.3 Å². The van der Waals surface area contributed by atoms with Crippen LogP contribution in [0.2, 0.25) is 0 Å². The third-order valence-electron chi connectivity index (χ3n) is 3.68. The Balaban J connectivity index is 2.00. The molecule has 0 aliphatic carbocycles. The van der Waals surface area contributed by atoms with Gasteiger partial charge in [-0.3, -0.25) is 9.52 Å². The van der Waals surface area contributed by atoms with Gasteiger partial charge in [-0.05, 0) is 24.3 Å². The summed E-state index contributed by atoms with van der Waals surface area (Å²) in [6.07, 6.45) is 0. The molecule has 1 amide bonds. The average molecular weight is 326 g/mol. The molecule has 0 atom stereocenters. The Morgan fingerprint density at radius 2 is 1.64 bits per heavy atom. The molecule has 0 bridgehead atoms. The number of hydrogen-bond donors (Lipinski definition) is 1. The quantitative estimate of drug-likeness (QED) is 0.878. The molecule has 22 heavy (non-hydrogen) atoms. The molecular formula is C14H22N4O3S. The molecule has 2 rings (SSSR count). The molecule has 8 heteroatoms. The van der Waals surface area contributed by atoms with Crippen LogP contribution in [0.15, 0.2) is 24.3 Å². The highest BCUT2D eigenvalue weighted by atomic mass is 32.2. The molecule has 0 radical (unpaired) electrons. The molecule has 0 aromatic heterocycles. The van der Waals surface area contributed by atoms with Crippen LogP contribution in [0.1, 0.15) is 6.92 Å². The van der Waals surface area contributed by atoms with E-state index in [1.54, 1.807) is 19.1 Å². The van der Waals surface area contributed by atoms with E-state index in [1.165, 1.54) is 14.1 Å². The van der Waals surface area contributed by atoms with Crippen LogP contribution in [-0.4, -0.2) is 63.8 Å². The fraction of sp³-hybridized carbons (Fsp3) is 0.500. The van der Waals surface area contributed by atoms with Crippen molar-refractivity contribution in [3.63, 3.8) is 0 Å². The lowest BCUT2D eigenvalue weighted by molar-refractivity contribution is -0.129. The summed E-state index contributed by atoms with van der Waals surface area (Å²) < 4.78 is 27.1. The highest BCUT2D eigenvalue weighted by molar-refractivity contribution is 7.90. The molecule has 1 aliphatic heterocycles. The predicted molar refractivity (Wildman–Crippen MR) is 87.1 cm³/mol. The summed E-state index contributed by atoms with van der Waals surface area (Å²) in [5, 5.41) is 0. The molecule has 1 heterocycles. The number of hydrogen-bond acceptors (Lipinski definition) is 4. The number of carbonyl (C=O) groups is 1. The summed E-state index contributed by atoms with van der Waals surface area (Å²) in [6, 6.07) is 7.26. The minimum atomic E-state index is -3.48. The second kappa shape index (κ2) is 6.53. The molecule has 1 fully saturated rings. The Morgan fingerprint density at radius 3 is 2.09 bits per heavy atom. The summed E-state index contributed by atoms with van der Waals surface area (Å²) in [7, 11) is -0.525. The first-order valence-corrected chi connectivity index (χ1v) is 8.54. The standard InChI is InChI=1S/C14H22N4O3S/c1-12(19)17-8-10-18(11-9-17)14-6-4-13(5-7-14)15-22(20,21)16(2)3/h4-7,15H,8-11H2,1-3H3. The molecule has 1 aromatic carbocycles. The molecule has 1 saturated heterocycles. The monoisotopic (exact) mass is 326 g/mol. The zero-order valence-corrected chi connectivity index (χ0v) is 13.9. The topological polar surface area (TPSA) is 73.0 Å². The minimum absolute atomic E-state index is 0.105. The maximum atomic E-state index is 11.8. The van der Waals surface area contributed by atoms with Crippen LogP contribution >= 0.6 is 0 Å². The number of nitrogens with one attached hydrogen (secondary N) is 1. The normalized spacial score (nSPS) is 16.0. The SMILES string of the molecule is CC(=O)N1CCN(c2ccc(NS(=O)(=O)N(C)C)cc2)CC1. The van der Waals surface area contributed by atoms with Gasteiger partial charge in [0.1, 0.15) is 0 Å². The Bertz CT molecular complexity index is 620. The van der Waals surface area contributed by atoms with E-state index in [1.807, 2.05) is 17.0 Å². The molecule has 7 nitrogen and oxygen atoms in total. The zero-order valence-electron chi connectivity index (χ0n) is 13.1.